The summed E-state index contributed by atoms with van der Waals surface area (Å²) >= 11 is 0. The topological polar surface area (TPSA) is 28.2 Å². The second-order valence-corrected chi connectivity index (χ2v) is 5.75. The van der Waals surface area contributed by atoms with Crippen LogP contribution >= 0.6 is 0 Å². The number of nitrogens with one attached hydrogen (secondary N) is 1. The molecule has 0 amide bonds. The SMILES string of the molecule is Cc1cnccc1CN1CCC(CNC(C)C)C1. The fraction of sp³-hybridized carbons (Fsp3) is 0.667. The standard InChI is InChI=1S/C15H25N3/c1-12(2)17-9-14-5-7-18(10-14)11-15-4-6-16-8-13(15)3/h4,6,8,12,14,17H,5,7,9-11H2,1-3H3. The van der Waals surface area contributed by atoms with Crippen LogP contribution in [0.4, 0.5) is 0 Å². The second kappa shape index (κ2) is 6.30. The molecule has 1 saturated heterocycles. The van der Waals surface area contributed by atoms with Crippen LogP contribution < -0.4 is 5.32 Å². The molecule has 3 nitrogen and oxygen atoms in total. The summed E-state index contributed by atoms with van der Waals surface area (Å²) in [4.78, 5) is 6.72. The number of hydrogen-bond acceptors (Lipinski definition) is 3. The van der Waals surface area contributed by atoms with Gasteiger partial charge in [0, 0.05) is 31.5 Å². The molecule has 0 radical (unpaired) electrons. The van der Waals surface area contributed by atoms with Crippen molar-refractivity contribution in [3.05, 3.63) is 29.6 Å². The Morgan fingerprint density at radius 3 is 3.06 bits per heavy atom. The molecule has 100 valence electrons. The lowest BCUT2D eigenvalue weighted by Crippen LogP contribution is -2.30. The lowest BCUT2D eigenvalue weighted by atomic mass is 10.1. The van der Waals surface area contributed by atoms with E-state index in [0.29, 0.717) is 6.04 Å². The lowest BCUT2D eigenvalue weighted by Gasteiger charge is -2.18. The Hall–Kier alpha value is -0.930. The van der Waals surface area contributed by atoms with Gasteiger partial charge in [0.15, 0.2) is 0 Å². The van der Waals surface area contributed by atoms with Crippen molar-refractivity contribution in [2.24, 2.45) is 5.92 Å². The van der Waals surface area contributed by atoms with Gasteiger partial charge in [-0.3, -0.25) is 9.88 Å². The molecule has 0 aromatic carbocycles. The van der Waals surface area contributed by atoms with Gasteiger partial charge in [-0.25, -0.2) is 0 Å². The minimum Gasteiger partial charge on any atom is -0.314 e. The summed E-state index contributed by atoms with van der Waals surface area (Å²) < 4.78 is 0. The molecule has 1 aliphatic rings. The highest BCUT2D eigenvalue weighted by Gasteiger charge is 2.22. The van der Waals surface area contributed by atoms with Crippen LogP contribution in [0.2, 0.25) is 0 Å². The minimum absolute atomic E-state index is 0.599. The van der Waals surface area contributed by atoms with Gasteiger partial charge in [0.2, 0.25) is 0 Å². The summed E-state index contributed by atoms with van der Waals surface area (Å²) in [6.07, 6.45) is 5.18. The minimum atomic E-state index is 0.599. The van der Waals surface area contributed by atoms with Crippen LogP contribution in [0.25, 0.3) is 0 Å². The molecular formula is C15H25N3. The summed E-state index contributed by atoms with van der Waals surface area (Å²) in [5, 5.41) is 3.55. The first-order valence-corrected chi connectivity index (χ1v) is 7.00. The number of hydrogen-bond donors (Lipinski definition) is 1. The van der Waals surface area contributed by atoms with Crippen molar-refractivity contribution in [1.82, 2.24) is 15.2 Å². The van der Waals surface area contributed by atoms with Gasteiger partial charge in [-0.05, 0) is 49.5 Å². The van der Waals surface area contributed by atoms with Gasteiger partial charge in [0.05, 0.1) is 0 Å². The van der Waals surface area contributed by atoms with Crippen molar-refractivity contribution >= 4 is 0 Å². The van der Waals surface area contributed by atoms with Gasteiger partial charge in [-0.15, -0.1) is 0 Å². The van der Waals surface area contributed by atoms with Gasteiger partial charge in [0.1, 0.15) is 0 Å². The smallest absolute Gasteiger partial charge is 0.0300 e. The van der Waals surface area contributed by atoms with Crippen molar-refractivity contribution in [3.63, 3.8) is 0 Å². The van der Waals surface area contributed by atoms with Crippen LogP contribution in [0.15, 0.2) is 18.5 Å². The summed E-state index contributed by atoms with van der Waals surface area (Å²) in [7, 11) is 0. The first kappa shape index (κ1) is 13.5. The average molecular weight is 247 g/mol. The zero-order valence-electron chi connectivity index (χ0n) is 11.8. The van der Waals surface area contributed by atoms with Crippen LogP contribution in [-0.4, -0.2) is 35.6 Å². The van der Waals surface area contributed by atoms with E-state index < -0.39 is 0 Å². The number of aryl methyl sites for hydroxylation is 1. The maximum absolute atomic E-state index is 4.15. The van der Waals surface area contributed by atoms with E-state index in [2.05, 4.69) is 42.0 Å². The molecule has 0 spiro atoms. The van der Waals surface area contributed by atoms with Crippen LogP contribution in [0.3, 0.4) is 0 Å². The van der Waals surface area contributed by atoms with E-state index in [1.165, 1.54) is 30.6 Å². The third kappa shape index (κ3) is 3.79. The Balaban J connectivity index is 1.81. The Morgan fingerprint density at radius 1 is 1.50 bits per heavy atom. The lowest BCUT2D eigenvalue weighted by molar-refractivity contribution is 0.312. The van der Waals surface area contributed by atoms with Gasteiger partial charge in [-0.2, -0.15) is 0 Å². The molecule has 1 N–H and O–H groups in total. The van der Waals surface area contributed by atoms with Crippen LogP contribution in [0.1, 0.15) is 31.4 Å². The Kier molecular flexibility index (Phi) is 4.72. The number of likely N-dealkylation sites (tertiary alicyclic amines) is 1. The number of nitrogens with zero attached hydrogens (tertiary/aromatic N) is 2. The molecule has 1 aromatic heterocycles. The van der Waals surface area contributed by atoms with Gasteiger partial charge >= 0.3 is 0 Å². The van der Waals surface area contributed by atoms with E-state index in [9.17, 15) is 0 Å². The molecule has 0 saturated carbocycles. The zero-order valence-corrected chi connectivity index (χ0v) is 11.8. The van der Waals surface area contributed by atoms with Crippen molar-refractivity contribution in [2.75, 3.05) is 19.6 Å². The van der Waals surface area contributed by atoms with E-state index in [1.807, 2.05) is 12.4 Å². The Morgan fingerprint density at radius 2 is 2.33 bits per heavy atom. The van der Waals surface area contributed by atoms with Crippen LogP contribution in [-0.2, 0) is 6.54 Å². The fourth-order valence-corrected chi connectivity index (χ4v) is 2.55. The number of pyridine rings is 1. The normalized spacial score (nSPS) is 20.8. The van der Waals surface area contributed by atoms with Crippen molar-refractivity contribution < 1.29 is 0 Å². The summed E-state index contributed by atoms with van der Waals surface area (Å²) in [5.41, 5.74) is 2.73. The molecule has 1 fully saturated rings. The summed E-state index contributed by atoms with van der Waals surface area (Å²) in [5.74, 6) is 0.814. The van der Waals surface area contributed by atoms with Crippen LogP contribution in [0, 0.1) is 12.8 Å². The highest BCUT2D eigenvalue weighted by atomic mass is 15.1. The molecule has 2 heterocycles. The Bertz CT molecular complexity index is 376. The van der Waals surface area contributed by atoms with Crippen molar-refractivity contribution in [3.8, 4) is 0 Å². The van der Waals surface area contributed by atoms with E-state index in [4.69, 9.17) is 0 Å². The first-order chi connectivity index (χ1) is 8.65. The predicted octanol–water partition coefficient (Wildman–Crippen LogP) is 2.21. The van der Waals surface area contributed by atoms with E-state index in [-0.39, 0.29) is 0 Å². The van der Waals surface area contributed by atoms with Gasteiger partial charge in [0.25, 0.3) is 0 Å². The van der Waals surface area contributed by atoms with Gasteiger partial charge in [-0.1, -0.05) is 13.8 Å². The second-order valence-electron chi connectivity index (χ2n) is 5.75. The van der Waals surface area contributed by atoms with Gasteiger partial charge < -0.3 is 5.32 Å². The molecule has 18 heavy (non-hydrogen) atoms. The summed E-state index contributed by atoms with van der Waals surface area (Å²) in [6, 6.07) is 2.75. The number of rotatable bonds is 5. The molecule has 1 unspecified atom stereocenters. The molecule has 2 rings (SSSR count). The van der Waals surface area contributed by atoms with E-state index in [0.717, 1.165) is 19.0 Å². The predicted molar refractivity (Wildman–Crippen MR) is 75.5 cm³/mol. The van der Waals surface area contributed by atoms with E-state index in [1.54, 1.807) is 0 Å². The molecule has 0 bridgehead atoms. The first-order valence-electron chi connectivity index (χ1n) is 7.00. The highest BCUT2D eigenvalue weighted by molar-refractivity contribution is 5.21. The average Bonchev–Trinajstić information content (AvgIpc) is 2.77. The molecular weight excluding hydrogens is 222 g/mol. The largest absolute Gasteiger partial charge is 0.314 e. The maximum Gasteiger partial charge on any atom is 0.0300 e. The van der Waals surface area contributed by atoms with E-state index >= 15 is 0 Å². The third-order valence-corrected chi connectivity index (χ3v) is 3.72. The Labute approximate surface area is 111 Å². The highest BCUT2D eigenvalue weighted by Crippen LogP contribution is 2.19. The van der Waals surface area contributed by atoms with Crippen molar-refractivity contribution in [2.45, 2.75) is 39.8 Å². The third-order valence-electron chi connectivity index (χ3n) is 3.72. The monoisotopic (exact) mass is 247 g/mol. The quantitative estimate of drug-likeness (QED) is 0.864. The molecule has 1 aromatic rings. The summed E-state index contributed by atoms with van der Waals surface area (Å²) in [6.45, 7) is 11.3. The van der Waals surface area contributed by atoms with Crippen molar-refractivity contribution in [1.29, 1.82) is 0 Å². The molecule has 0 aliphatic carbocycles. The fourth-order valence-electron chi connectivity index (χ4n) is 2.55. The van der Waals surface area contributed by atoms with Crippen LogP contribution in [0.5, 0.6) is 0 Å². The molecule has 1 atom stereocenters. The maximum atomic E-state index is 4.15. The molecule has 1 aliphatic heterocycles. The number of aromatic nitrogens is 1. The zero-order chi connectivity index (χ0) is 13.0. The molecule has 3 heteroatoms.